The Labute approximate surface area is 132 Å². The number of hydrogen-bond donors (Lipinski definition) is 2. The van der Waals surface area contributed by atoms with E-state index in [4.69, 9.17) is 16.1 Å². The molecule has 0 fully saturated rings. The predicted molar refractivity (Wildman–Crippen MR) is 82.7 cm³/mol. The Morgan fingerprint density at radius 3 is 2.59 bits per heavy atom. The number of aromatic nitrogens is 1. The maximum absolute atomic E-state index is 11.7. The van der Waals surface area contributed by atoms with Gasteiger partial charge in [-0.2, -0.15) is 0 Å². The number of carbonyl (C=O) groups is 2. The molecule has 0 atom stereocenters. The third-order valence-electron chi connectivity index (χ3n) is 2.85. The van der Waals surface area contributed by atoms with Crippen molar-refractivity contribution in [3.05, 3.63) is 46.7 Å². The molecule has 22 heavy (non-hydrogen) atoms. The van der Waals surface area contributed by atoms with E-state index in [9.17, 15) is 9.59 Å². The van der Waals surface area contributed by atoms with Crippen molar-refractivity contribution in [1.82, 2.24) is 10.5 Å². The van der Waals surface area contributed by atoms with Gasteiger partial charge in [-0.1, -0.05) is 28.9 Å². The molecule has 116 valence electrons. The number of aryl methyl sites for hydroxylation is 1. The van der Waals surface area contributed by atoms with Crippen LogP contribution in [0.2, 0.25) is 5.02 Å². The zero-order chi connectivity index (χ0) is 15.9. The van der Waals surface area contributed by atoms with E-state index in [1.165, 1.54) is 0 Å². The van der Waals surface area contributed by atoms with Crippen LogP contribution in [0.25, 0.3) is 0 Å². The van der Waals surface area contributed by atoms with Crippen molar-refractivity contribution >= 4 is 29.2 Å². The maximum atomic E-state index is 11.7. The van der Waals surface area contributed by atoms with Crippen LogP contribution in [0.4, 0.5) is 5.82 Å². The van der Waals surface area contributed by atoms with Crippen LogP contribution < -0.4 is 10.6 Å². The van der Waals surface area contributed by atoms with E-state index >= 15 is 0 Å². The van der Waals surface area contributed by atoms with Gasteiger partial charge in [0.15, 0.2) is 5.82 Å². The van der Waals surface area contributed by atoms with E-state index in [0.29, 0.717) is 16.6 Å². The quantitative estimate of drug-likeness (QED) is 0.855. The summed E-state index contributed by atoms with van der Waals surface area (Å²) in [6, 6.07) is 8.68. The summed E-state index contributed by atoms with van der Waals surface area (Å²) in [5.41, 5.74) is 0.865. The van der Waals surface area contributed by atoms with Gasteiger partial charge in [-0.25, -0.2) is 0 Å². The average Bonchev–Trinajstić information content (AvgIpc) is 2.86. The Hall–Kier alpha value is -2.34. The Morgan fingerprint density at radius 1 is 1.23 bits per heavy atom. The van der Waals surface area contributed by atoms with Gasteiger partial charge in [0.05, 0.1) is 6.42 Å². The van der Waals surface area contributed by atoms with Gasteiger partial charge in [-0.3, -0.25) is 9.59 Å². The van der Waals surface area contributed by atoms with Crippen molar-refractivity contribution in [2.24, 2.45) is 0 Å². The summed E-state index contributed by atoms with van der Waals surface area (Å²) in [6.45, 7) is 1.99. The summed E-state index contributed by atoms with van der Waals surface area (Å²) < 4.78 is 4.84. The lowest BCUT2D eigenvalue weighted by Gasteiger charge is -2.05. The zero-order valence-electron chi connectivity index (χ0n) is 12.1. The number of anilines is 1. The van der Waals surface area contributed by atoms with E-state index in [1.54, 1.807) is 37.3 Å². The fourth-order valence-corrected chi connectivity index (χ4v) is 1.92. The molecule has 0 aliphatic heterocycles. The molecule has 0 aliphatic carbocycles. The SMILES string of the molecule is Cc1cc(NC(=O)CCNC(=O)Cc2ccc(Cl)cc2)no1. The molecule has 7 heteroatoms. The molecule has 0 unspecified atom stereocenters. The van der Waals surface area contributed by atoms with Crippen molar-refractivity contribution in [3.8, 4) is 0 Å². The fourth-order valence-electron chi connectivity index (χ4n) is 1.80. The smallest absolute Gasteiger partial charge is 0.227 e. The van der Waals surface area contributed by atoms with Gasteiger partial charge < -0.3 is 15.2 Å². The first-order chi connectivity index (χ1) is 10.5. The average molecular weight is 322 g/mol. The molecule has 0 radical (unpaired) electrons. The minimum absolute atomic E-state index is 0.146. The molecular weight excluding hydrogens is 306 g/mol. The molecule has 0 aliphatic rings. The van der Waals surface area contributed by atoms with Gasteiger partial charge in [0.1, 0.15) is 5.76 Å². The summed E-state index contributed by atoms with van der Waals surface area (Å²) in [5.74, 6) is 0.606. The normalized spacial score (nSPS) is 10.3. The topological polar surface area (TPSA) is 84.2 Å². The van der Waals surface area contributed by atoms with Gasteiger partial charge in [0.2, 0.25) is 11.8 Å². The summed E-state index contributed by atoms with van der Waals surface area (Å²) in [7, 11) is 0. The van der Waals surface area contributed by atoms with E-state index < -0.39 is 0 Å². The molecule has 6 nitrogen and oxygen atoms in total. The van der Waals surface area contributed by atoms with Crippen molar-refractivity contribution in [2.75, 3.05) is 11.9 Å². The van der Waals surface area contributed by atoms with Gasteiger partial charge >= 0.3 is 0 Å². The second kappa shape index (κ2) is 7.61. The highest BCUT2D eigenvalue weighted by atomic mass is 35.5. The van der Waals surface area contributed by atoms with E-state index in [2.05, 4.69) is 15.8 Å². The van der Waals surface area contributed by atoms with Crippen LogP contribution in [0.1, 0.15) is 17.7 Å². The van der Waals surface area contributed by atoms with Crippen molar-refractivity contribution < 1.29 is 14.1 Å². The molecule has 0 spiro atoms. The summed E-state index contributed by atoms with van der Waals surface area (Å²) in [6.07, 6.45) is 0.416. The van der Waals surface area contributed by atoms with Gasteiger partial charge in [0.25, 0.3) is 0 Å². The molecule has 2 N–H and O–H groups in total. The zero-order valence-corrected chi connectivity index (χ0v) is 12.8. The van der Waals surface area contributed by atoms with Crippen LogP contribution in [-0.2, 0) is 16.0 Å². The Bertz CT molecular complexity index is 652. The molecule has 2 rings (SSSR count). The molecule has 2 aromatic rings. The number of amides is 2. The number of benzene rings is 1. The predicted octanol–water partition coefficient (Wildman–Crippen LogP) is 2.32. The molecule has 0 bridgehead atoms. The van der Waals surface area contributed by atoms with Crippen LogP contribution >= 0.6 is 11.6 Å². The number of nitrogens with one attached hydrogen (secondary N) is 2. The number of carbonyl (C=O) groups excluding carboxylic acids is 2. The first-order valence-electron chi connectivity index (χ1n) is 6.77. The highest BCUT2D eigenvalue weighted by molar-refractivity contribution is 6.30. The van der Waals surface area contributed by atoms with Crippen molar-refractivity contribution in [2.45, 2.75) is 19.8 Å². The van der Waals surface area contributed by atoms with Gasteiger partial charge in [0, 0.05) is 24.1 Å². The monoisotopic (exact) mass is 321 g/mol. The summed E-state index contributed by atoms with van der Waals surface area (Å²) in [5, 5.41) is 9.56. The Morgan fingerprint density at radius 2 is 1.95 bits per heavy atom. The van der Waals surface area contributed by atoms with E-state index in [0.717, 1.165) is 5.56 Å². The lowest BCUT2D eigenvalue weighted by molar-refractivity contribution is -0.120. The molecular formula is C15H16ClN3O3. The molecule has 1 aromatic heterocycles. The first-order valence-corrected chi connectivity index (χ1v) is 7.15. The minimum atomic E-state index is -0.236. The summed E-state index contributed by atoms with van der Waals surface area (Å²) >= 11 is 5.78. The minimum Gasteiger partial charge on any atom is -0.360 e. The first kappa shape index (κ1) is 16.0. The van der Waals surface area contributed by atoms with Crippen LogP contribution in [0.3, 0.4) is 0 Å². The third-order valence-corrected chi connectivity index (χ3v) is 3.10. The van der Waals surface area contributed by atoms with Crippen LogP contribution in [-0.4, -0.2) is 23.5 Å². The lowest BCUT2D eigenvalue weighted by atomic mass is 10.1. The highest BCUT2D eigenvalue weighted by Crippen LogP contribution is 2.10. The molecule has 1 aromatic carbocycles. The second-order valence-electron chi connectivity index (χ2n) is 4.77. The number of hydrogen-bond acceptors (Lipinski definition) is 4. The van der Waals surface area contributed by atoms with Crippen LogP contribution in [0.15, 0.2) is 34.9 Å². The summed E-state index contributed by atoms with van der Waals surface area (Å²) in [4.78, 5) is 23.4. The number of nitrogens with zero attached hydrogens (tertiary/aromatic N) is 1. The fraction of sp³-hybridized carbons (Fsp3) is 0.267. The number of rotatable bonds is 6. The van der Waals surface area contributed by atoms with Gasteiger partial charge in [-0.15, -0.1) is 0 Å². The van der Waals surface area contributed by atoms with Crippen LogP contribution in [0, 0.1) is 6.92 Å². The Balaban J connectivity index is 1.68. The standard InChI is InChI=1S/C15H16ClN3O3/c1-10-8-13(19-22-10)18-14(20)6-7-17-15(21)9-11-2-4-12(16)5-3-11/h2-5,8H,6-7,9H2,1H3,(H,17,21)(H,18,19,20). The molecule has 1 heterocycles. The maximum Gasteiger partial charge on any atom is 0.227 e. The largest absolute Gasteiger partial charge is 0.360 e. The Kier molecular flexibility index (Phi) is 5.55. The van der Waals surface area contributed by atoms with E-state index in [1.807, 2.05) is 0 Å². The lowest BCUT2D eigenvalue weighted by Crippen LogP contribution is -2.28. The van der Waals surface area contributed by atoms with Crippen LogP contribution in [0.5, 0.6) is 0 Å². The van der Waals surface area contributed by atoms with Crippen molar-refractivity contribution in [1.29, 1.82) is 0 Å². The molecule has 0 saturated carbocycles. The third kappa shape index (κ3) is 5.21. The molecule has 2 amide bonds. The molecule has 0 saturated heterocycles. The highest BCUT2D eigenvalue weighted by Gasteiger charge is 2.07. The number of halogens is 1. The van der Waals surface area contributed by atoms with Gasteiger partial charge in [-0.05, 0) is 24.6 Å². The van der Waals surface area contributed by atoms with E-state index in [-0.39, 0.29) is 31.2 Å². The van der Waals surface area contributed by atoms with Crippen molar-refractivity contribution in [3.63, 3.8) is 0 Å². The second-order valence-corrected chi connectivity index (χ2v) is 5.21.